The van der Waals surface area contributed by atoms with Crippen LogP contribution in [0, 0.1) is 13.8 Å². The Morgan fingerprint density at radius 3 is 2.54 bits per heavy atom. The maximum absolute atomic E-state index is 12.4. The Kier molecular flexibility index (Phi) is 4.31. The highest BCUT2D eigenvalue weighted by Crippen LogP contribution is 2.32. The van der Waals surface area contributed by atoms with Crippen molar-refractivity contribution in [2.24, 2.45) is 0 Å². The number of H-pyrrole nitrogens is 1. The van der Waals surface area contributed by atoms with Crippen LogP contribution in [0.15, 0.2) is 35.1 Å². The SMILES string of the molecule is COc1cc(OC)c2nc(Nc3nc4c(C)cccc4c(=O)[nH]3)nc(C)c2c1. The Bertz CT molecular complexity index is 1270. The topological polar surface area (TPSA) is 102 Å². The third kappa shape index (κ3) is 2.98. The molecule has 2 N–H and O–H groups in total. The number of aryl methyl sites for hydroxylation is 2. The van der Waals surface area contributed by atoms with Crippen LogP contribution in [-0.2, 0) is 0 Å². The number of nitrogens with zero attached hydrogens (tertiary/aromatic N) is 3. The Morgan fingerprint density at radius 1 is 0.964 bits per heavy atom. The third-order valence-electron chi connectivity index (χ3n) is 4.55. The molecule has 0 aliphatic rings. The van der Waals surface area contributed by atoms with Crippen molar-refractivity contribution in [1.29, 1.82) is 0 Å². The van der Waals surface area contributed by atoms with Crippen molar-refractivity contribution in [3.63, 3.8) is 0 Å². The van der Waals surface area contributed by atoms with E-state index >= 15 is 0 Å². The highest BCUT2D eigenvalue weighted by Gasteiger charge is 2.13. The molecule has 0 radical (unpaired) electrons. The molecule has 0 bridgehead atoms. The van der Waals surface area contributed by atoms with Crippen molar-refractivity contribution < 1.29 is 9.47 Å². The average molecular weight is 377 g/mol. The van der Waals surface area contributed by atoms with Gasteiger partial charge in [-0.15, -0.1) is 0 Å². The van der Waals surface area contributed by atoms with Crippen molar-refractivity contribution in [2.75, 3.05) is 19.5 Å². The first kappa shape index (κ1) is 17.7. The number of benzene rings is 2. The van der Waals surface area contributed by atoms with Crippen molar-refractivity contribution >= 4 is 33.7 Å². The summed E-state index contributed by atoms with van der Waals surface area (Å²) < 4.78 is 10.8. The molecule has 8 heteroatoms. The van der Waals surface area contributed by atoms with Crippen LogP contribution < -0.4 is 20.3 Å². The Labute approximate surface area is 160 Å². The zero-order valence-electron chi connectivity index (χ0n) is 16.0. The summed E-state index contributed by atoms with van der Waals surface area (Å²) in [6.45, 7) is 3.78. The van der Waals surface area contributed by atoms with E-state index in [1.807, 2.05) is 32.0 Å². The monoisotopic (exact) mass is 377 g/mol. The summed E-state index contributed by atoms with van der Waals surface area (Å²) in [5.74, 6) is 1.81. The first-order chi connectivity index (χ1) is 13.5. The fourth-order valence-corrected chi connectivity index (χ4v) is 3.12. The van der Waals surface area contributed by atoms with Crippen molar-refractivity contribution in [2.45, 2.75) is 13.8 Å². The zero-order chi connectivity index (χ0) is 19.8. The highest BCUT2D eigenvalue weighted by atomic mass is 16.5. The highest BCUT2D eigenvalue weighted by molar-refractivity contribution is 5.89. The van der Waals surface area contributed by atoms with Crippen LogP contribution >= 0.6 is 0 Å². The van der Waals surface area contributed by atoms with Crippen molar-refractivity contribution in [1.82, 2.24) is 19.9 Å². The van der Waals surface area contributed by atoms with Crippen molar-refractivity contribution in [3.05, 3.63) is 51.9 Å². The van der Waals surface area contributed by atoms with E-state index in [1.54, 1.807) is 26.4 Å². The number of aromatic amines is 1. The fraction of sp³-hybridized carbons (Fsp3) is 0.200. The molecule has 2 aromatic carbocycles. The number of nitrogens with one attached hydrogen (secondary N) is 2. The predicted molar refractivity (Wildman–Crippen MR) is 108 cm³/mol. The minimum atomic E-state index is -0.226. The van der Waals surface area contributed by atoms with E-state index < -0.39 is 0 Å². The lowest BCUT2D eigenvalue weighted by Gasteiger charge is -2.12. The molecule has 2 aromatic heterocycles. The summed E-state index contributed by atoms with van der Waals surface area (Å²) in [5.41, 5.74) is 2.70. The van der Waals surface area contributed by atoms with Gasteiger partial charge in [0.25, 0.3) is 5.56 Å². The molecule has 0 unspecified atom stereocenters. The molecule has 0 atom stereocenters. The largest absolute Gasteiger partial charge is 0.497 e. The standard InChI is InChI=1S/C20H19N5O3/c1-10-6-5-7-13-16(10)22-20(24-18(13)26)25-19-21-11(2)14-8-12(27-3)9-15(28-4)17(14)23-19/h5-9H,1-4H3,(H2,21,22,23,24,25,26). The number of hydrogen-bond donors (Lipinski definition) is 2. The molecule has 8 nitrogen and oxygen atoms in total. The smallest absolute Gasteiger partial charge is 0.260 e. The Morgan fingerprint density at radius 2 is 1.79 bits per heavy atom. The van der Waals surface area contributed by atoms with Gasteiger partial charge in [0.05, 0.1) is 30.8 Å². The van der Waals surface area contributed by atoms with E-state index in [0.717, 1.165) is 16.6 Å². The van der Waals surface area contributed by atoms with E-state index in [0.29, 0.717) is 33.9 Å². The van der Waals surface area contributed by atoms with E-state index in [-0.39, 0.29) is 11.5 Å². The number of rotatable bonds is 4. The summed E-state index contributed by atoms with van der Waals surface area (Å²) in [7, 11) is 3.17. The molecule has 0 spiro atoms. The van der Waals surface area contributed by atoms with E-state index in [4.69, 9.17) is 9.47 Å². The second kappa shape index (κ2) is 6.80. The van der Waals surface area contributed by atoms with Crippen LogP contribution in [0.1, 0.15) is 11.3 Å². The third-order valence-corrected chi connectivity index (χ3v) is 4.55. The van der Waals surface area contributed by atoms with Gasteiger partial charge in [-0.2, -0.15) is 0 Å². The van der Waals surface area contributed by atoms with Gasteiger partial charge < -0.3 is 9.47 Å². The molecule has 4 rings (SSSR count). The number of aromatic nitrogens is 4. The Hall–Kier alpha value is -3.68. The molecule has 0 saturated heterocycles. The first-order valence-corrected chi connectivity index (χ1v) is 8.67. The second-order valence-corrected chi connectivity index (χ2v) is 6.37. The van der Waals surface area contributed by atoms with Crippen LogP contribution in [-0.4, -0.2) is 34.2 Å². The van der Waals surface area contributed by atoms with Crippen LogP contribution in [0.3, 0.4) is 0 Å². The lowest BCUT2D eigenvalue weighted by atomic mass is 10.1. The fourth-order valence-electron chi connectivity index (χ4n) is 3.12. The summed E-state index contributed by atoms with van der Waals surface area (Å²) in [6, 6.07) is 9.10. The van der Waals surface area contributed by atoms with Gasteiger partial charge in [0, 0.05) is 11.5 Å². The lowest BCUT2D eigenvalue weighted by Crippen LogP contribution is -2.13. The zero-order valence-corrected chi connectivity index (χ0v) is 16.0. The van der Waals surface area contributed by atoms with E-state index in [9.17, 15) is 4.79 Å². The molecule has 142 valence electrons. The number of fused-ring (bicyclic) bond motifs is 2. The second-order valence-electron chi connectivity index (χ2n) is 6.37. The number of para-hydroxylation sites is 1. The van der Waals surface area contributed by atoms with Gasteiger partial charge in [0.2, 0.25) is 11.9 Å². The summed E-state index contributed by atoms with van der Waals surface area (Å²) in [4.78, 5) is 28.7. The van der Waals surface area contributed by atoms with Gasteiger partial charge in [0.1, 0.15) is 17.0 Å². The summed E-state index contributed by atoms with van der Waals surface area (Å²) >= 11 is 0. The van der Waals surface area contributed by atoms with Gasteiger partial charge in [-0.3, -0.25) is 15.1 Å². The maximum Gasteiger partial charge on any atom is 0.260 e. The van der Waals surface area contributed by atoms with Crippen LogP contribution in [0.2, 0.25) is 0 Å². The lowest BCUT2D eigenvalue weighted by molar-refractivity contribution is 0.397. The normalized spacial score (nSPS) is 11.0. The van der Waals surface area contributed by atoms with Gasteiger partial charge in [-0.05, 0) is 31.5 Å². The summed E-state index contributed by atoms with van der Waals surface area (Å²) in [6.07, 6.45) is 0. The van der Waals surface area contributed by atoms with Crippen molar-refractivity contribution in [3.8, 4) is 11.5 Å². The number of hydrogen-bond acceptors (Lipinski definition) is 7. The predicted octanol–water partition coefficient (Wildman–Crippen LogP) is 3.24. The van der Waals surface area contributed by atoms with Crippen LogP contribution in [0.5, 0.6) is 11.5 Å². The average Bonchev–Trinajstić information content (AvgIpc) is 2.68. The van der Waals surface area contributed by atoms with Gasteiger partial charge in [-0.1, -0.05) is 12.1 Å². The number of anilines is 2. The quantitative estimate of drug-likeness (QED) is 0.563. The Balaban J connectivity index is 1.83. The molecule has 0 fully saturated rings. The van der Waals surface area contributed by atoms with Crippen LogP contribution in [0.25, 0.3) is 21.8 Å². The molecular weight excluding hydrogens is 358 g/mol. The molecule has 4 aromatic rings. The molecule has 0 aliphatic carbocycles. The molecule has 28 heavy (non-hydrogen) atoms. The maximum atomic E-state index is 12.4. The number of methoxy groups -OCH3 is 2. The van der Waals surface area contributed by atoms with Gasteiger partial charge in [0.15, 0.2) is 0 Å². The first-order valence-electron chi connectivity index (χ1n) is 8.67. The molecule has 0 aliphatic heterocycles. The minimum absolute atomic E-state index is 0.226. The van der Waals surface area contributed by atoms with Gasteiger partial charge >= 0.3 is 0 Å². The van der Waals surface area contributed by atoms with E-state index in [1.165, 1.54) is 0 Å². The minimum Gasteiger partial charge on any atom is -0.497 e. The van der Waals surface area contributed by atoms with Crippen LogP contribution in [0.4, 0.5) is 11.9 Å². The number of ether oxygens (including phenoxy) is 2. The van der Waals surface area contributed by atoms with Gasteiger partial charge in [-0.25, -0.2) is 15.0 Å². The summed E-state index contributed by atoms with van der Waals surface area (Å²) in [5, 5.41) is 4.36. The molecule has 2 heterocycles. The molecule has 0 saturated carbocycles. The molecule has 0 amide bonds. The van der Waals surface area contributed by atoms with E-state index in [2.05, 4.69) is 25.3 Å². The molecular formula is C20H19N5O3.